The fourth-order valence-corrected chi connectivity index (χ4v) is 4.48. The van der Waals surface area contributed by atoms with Crippen molar-refractivity contribution >= 4 is 23.3 Å². The number of piperidine rings is 1. The van der Waals surface area contributed by atoms with Crippen LogP contribution in [0.5, 0.6) is 0 Å². The molecule has 3 aliphatic heterocycles. The standard InChI is InChI=1S/C25H33ClN4O3/c1-16(2)32-19-8-10-30-23(13-19)20(14-27-30)22-12-18(26)11-21(28-22)17-7-6-9-29(15-17)24(31)33-25(3,4)5/h8,10-13,16-17,27H,6-7,9,14-15H2,1-5H3. The van der Waals surface area contributed by atoms with Gasteiger partial charge in [0.1, 0.15) is 11.4 Å². The highest BCUT2D eigenvalue weighted by Crippen LogP contribution is 2.33. The number of carbonyl (C=O) groups excluding carboxylic acids is 1. The Balaban J connectivity index is 1.59. The summed E-state index contributed by atoms with van der Waals surface area (Å²) in [6.45, 7) is 11.6. The van der Waals surface area contributed by atoms with E-state index in [0.717, 1.165) is 41.3 Å². The van der Waals surface area contributed by atoms with Crippen molar-refractivity contribution in [2.75, 3.05) is 19.6 Å². The summed E-state index contributed by atoms with van der Waals surface area (Å²) < 4.78 is 11.5. The van der Waals surface area contributed by atoms with E-state index in [1.54, 1.807) is 4.90 Å². The summed E-state index contributed by atoms with van der Waals surface area (Å²) in [4.78, 5) is 19.4. The second-order valence-corrected chi connectivity index (χ2v) is 10.4. The summed E-state index contributed by atoms with van der Waals surface area (Å²) in [6, 6.07) is 3.83. The monoisotopic (exact) mass is 472 g/mol. The van der Waals surface area contributed by atoms with Crippen LogP contribution in [0.2, 0.25) is 5.02 Å². The highest BCUT2D eigenvalue weighted by molar-refractivity contribution is 6.30. The molecule has 178 valence electrons. The third kappa shape index (κ3) is 5.71. The first-order chi connectivity index (χ1) is 15.6. The Labute approximate surface area is 201 Å². The average molecular weight is 473 g/mol. The lowest BCUT2D eigenvalue weighted by molar-refractivity contribution is 0.0197. The lowest BCUT2D eigenvalue weighted by Gasteiger charge is -2.34. The number of nitrogens with one attached hydrogen (secondary N) is 1. The summed E-state index contributed by atoms with van der Waals surface area (Å²) in [5, 5.41) is 2.63. The maximum Gasteiger partial charge on any atom is 0.410 e. The van der Waals surface area contributed by atoms with E-state index >= 15 is 0 Å². The molecule has 4 rings (SSSR count). The van der Waals surface area contributed by atoms with Crippen molar-refractivity contribution in [1.82, 2.24) is 20.3 Å². The van der Waals surface area contributed by atoms with Crippen LogP contribution in [0.1, 0.15) is 64.8 Å². The number of rotatable bonds is 4. The van der Waals surface area contributed by atoms with Crippen molar-refractivity contribution in [3.8, 4) is 0 Å². The number of fused-ring (bicyclic) bond motifs is 1. The molecule has 1 saturated heterocycles. The van der Waals surface area contributed by atoms with Crippen molar-refractivity contribution in [3.05, 3.63) is 58.4 Å². The number of amides is 1. The van der Waals surface area contributed by atoms with Gasteiger partial charge in [0, 0.05) is 54.1 Å². The molecular weight excluding hydrogens is 440 g/mol. The summed E-state index contributed by atoms with van der Waals surface area (Å²) in [7, 11) is 0. The van der Waals surface area contributed by atoms with Gasteiger partial charge in [-0.2, -0.15) is 0 Å². The van der Waals surface area contributed by atoms with Crippen LogP contribution >= 0.6 is 11.6 Å². The molecule has 1 aromatic heterocycles. The van der Waals surface area contributed by atoms with Crippen LogP contribution < -0.4 is 5.43 Å². The average Bonchev–Trinajstić information content (AvgIpc) is 3.15. The SMILES string of the molecule is CC(C)OC1=CC2=C(c3cc(Cl)cc(C4CCCN(C(=O)OC(C)(C)C)C4)n3)CNN2C=C1. The minimum absolute atomic E-state index is 0.0981. The number of allylic oxidation sites excluding steroid dienone is 2. The van der Waals surface area contributed by atoms with E-state index in [-0.39, 0.29) is 18.1 Å². The van der Waals surface area contributed by atoms with E-state index in [4.69, 9.17) is 26.1 Å². The molecule has 0 saturated carbocycles. The van der Waals surface area contributed by atoms with Crippen molar-refractivity contribution in [1.29, 1.82) is 0 Å². The van der Waals surface area contributed by atoms with E-state index in [1.807, 2.05) is 70.1 Å². The van der Waals surface area contributed by atoms with Crippen LogP contribution in [-0.2, 0) is 9.47 Å². The van der Waals surface area contributed by atoms with Crippen LogP contribution in [0, 0.1) is 0 Å². The molecule has 0 spiro atoms. The van der Waals surface area contributed by atoms with Crippen molar-refractivity contribution in [2.24, 2.45) is 0 Å². The minimum atomic E-state index is -0.513. The number of nitrogens with zero attached hydrogens (tertiary/aromatic N) is 3. The Bertz CT molecular complexity index is 1010. The van der Waals surface area contributed by atoms with Crippen LogP contribution in [0.25, 0.3) is 5.57 Å². The zero-order valence-corrected chi connectivity index (χ0v) is 20.8. The smallest absolute Gasteiger partial charge is 0.410 e. The summed E-state index contributed by atoms with van der Waals surface area (Å²) in [5.41, 5.74) is 6.67. The topological polar surface area (TPSA) is 66.9 Å². The first kappa shape index (κ1) is 23.6. The predicted molar refractivity (Wildman–Crippen MR) is 129 cm³/mol. The number of ether oxygens (including phenoxy) is 2. The number of halogens is 1. The number of likely N-dealkylation sites (tertiary alicyclic amines) is 1. The normalized spacial score (nSPS) is 20.8. The van der Waals surface area contributed by atoms with Gasteiger partial charge in [0.25, 0.3) is 0 Å². The molecule has 1 aromatic rings. The Morgan fingerprint density at radius 3 is 2.82 bits per heavy atom. The molecule has 1 unspecified atom stereocenters. The second-order valence-electron chi connectivity index (χ2n) is 9.96. The van der Waals surface area contributed by atoms with Crippen LogP contribution in [0.3, 0.4) is 0 Å². The predicted octanol–water partition coefficient (Wildman–Crippen LogP) is 5.22. The molecule has 33 heavy (non-hydrogen) atoms. The van der Waals surface area contributed by atoms with Crippen LogP contribution in [-0.4, -0.2) is 52.3 Å². The summed E-state index contributed by atoms with van der Waals surface area (Å²) in [5.74, 6) is 0.932. The molecule has 0 radical (unpaired) electrons. The molecule has 0 aliphatic carbocycles. The largest absolute Gasteiger partial charge is 0.491 e. The van der Waals surface area contributed by atoms with Gasteiger partial charge in [0.15, 0.2) is 0 Å². The van der Waals surface area contributed by atoms with Crippen molar-refractivity contribution < 1.29 is 14.3 Å². The number of hydrogen-bond donors (Lipinski definition) is 1. The lowest BCUT2D eigenvalue weighted by atomic mass is 9.94. The quantitative estimate of drug-likeness (QED) is 0.648. The van der Waals surface area contributed by atoms with E-state index < -0.39 is 5.60 Å². The molecule has 1 fully saturated rings. The molecule has 1 amide bonds. The molecular formula is C25H33ClN4O3. The van der Waals surface area contributed by atoms with Crippen molar-refractivity contribution in [3.63, 3.8) is 0 Å². The molecule has 0 aromatic carbocycles. The van der Waals surface area contributed by atoms with Crippen LogP contribution in [0.15, 0.2) is 41.9 Å². The first-order valence-electron chi connectivity index (χ1n) is 11.6. The van der Waals surface area contributed by atoms with E-state index in [1.165, 1.54) is 0 Å². The van der Waals surface area contributed by atoms with Gasteiger partial charge in [0.2, 0.25) is 0 Å². The van der Waals surface area contributed by atoms with Gasteiger partial charge in [-0.3, -0.25) is 9.99 Å². The maximum absolute atomic E-state index is 12.6. The van der Waals surface area contributed by atoms with Gasteiger partial charge in [-0.05, 0) is 65.7 Å². The molecule has 1 atom stereocenters. The fraction of sp³-hybridized carbons (Fsp3) is 0.520. The molecule has 4 heterocycles. The van der Waals surface area contributed by atoms with E-state index in [0.29, 0.717) is 24.7 Å². The Morgan fingerprint density at radius 2 is 2.09 bits per heavy atom. The first-order valence-corrected chi connectivity index (χ1v) is 11.9. The van der Waals surface area contributed by atoms with Gasteiger partial charge >= 0.3 is 6.09 Å². The number of aromatic nitrogens is 1. The Kier molecular flexibility index (Phi) is 6.73. The summed E-state index contributed by atoms with van der Waals surface area (Å²) in [6.07, 6.45) is 7.63. The molecule has 0 bridgehead atoms. The Hall–Kier alpha value is -2.51. The Morgan fingerprint density at radius 1 is 1.30 bits per heavy atom. The minimum Gasteiger partial charge on any atom is -0.491 e. The zero-order valence-electron chi connectivity index (χ0n) is 20.0. The molecule has 7 nitrogen and oxygen atoms in total. The van der Waals surface area contributed by atoms with E-state index in [9.17, 15) is 4.79 Å². The number of carbonyl (C=O) groups is 1. The number of hydrazine groups is 1. The van der Waals surface area contributed by atoms with Crippen molar-refractivity contribution in [2.45, 2.75) is 65.1 Å². The van der Waals surface area contributed by atoms with Gasteiger partial charge in [0.05, 0.1) is 17.5 Å². The molecule has 1 N–H and O–H groups in total. The van der Waals surface area contributed by atoms with Gasteiger partial charge in [-0.1, -0.05) is 11.6 Å². The van der Waals surface area contributed by atoms with Gasteiger partial charge in [-0.15, -0.1) is 0 Å². The zero-order chi connectivity index (χ0) is 23.8. The third-order valence-corrected chi connectivity index (χ3v) is 5.86. The summed E-state index contributed by atoms with van der Waals surface area (Å²) >= 11 is 6.55. The van der Waals surface area contributed by atoms with E-state index in [2.05, 4.69) is 5.43 Å². The van der Waals surface area contributed by atoms with Gasteiger partial charge < -0.3 is 14.4 Å². The highest BCUT2D eigenvalue weighted by atomic mass is 35.5. The molecule has 8 heteroatoms. The number of hydrogen-bond acceptors (Lipinski definition) is 6. The third-order valence-electron chi connectivity index (χ3n) is 5.64. The number of pyridine rings is 1. The van der Waals surface area contributed by atoms with Crippen LogP contribution in [0.4, 0.5) is 4.79 Å². The highest BCUT2D eigenvalue weighted by Gasteiger charge is 2.30. The van der Waals surface area contributed by atoms with Gasteiger partial charge in [-0.25, -0.2) is 10.2 Å². The second kappa shape index (κ2) is 9.39. The molecule has 3 aliphatic rings. The maximum atomic E-state index is 12.6. The lowest BCUT2D eigenvalue weighted by Crippen LogP contribution is -2.42. The fourth-order valence-electron chi connectivity index (χ4n) is 4.26.